The summed E-state index contributed by atoms with van der Waals surface area (Å²) in [7, 11) is 0. The molecule has 0 radical (unpaired) electrons. The van der Waals surface area contributed by atoms with Crippen LogP contribution in [0.15, 0.2) is 47.7 Å². The number of pyridine rings is 1. The van der Waals surface area contributed by atoms with Gasteiger partial charge < -0.3 is 10.6 Å². The predicted molar refractivity (Wildman–Crippen MR) is 121 cm³/mol. The third-order valence-corrected chi connectivity index (χ3v) is 5.73. The van der Waals surface area contributed by atoms with Gasteiger partial charge in [-0.1, -0.05) is 17.7 Å². The number of halogens is 1. The van der Waals surface area contributed by atoms with Crippen LogP contribution in [0.3, 0.4) is 0 Å². The van der Waals surface area contributed by atoms with Gasteiger partial charge in [0.2, 0.25) is 5.95 Å². The zero-order chi connectivity index (χ0) is 21.5. The van der Waals surface area contributed by atoms with E-state index in [9.17, 15) is 4.79 Å². The van der Waals surface area contributed by atoms with E-state index in [1.807, 2.05) is 19.9 Å². The smallest absolute Gasteiger partial charge is 0.278 e. The summed E-state index contributed by atoms with van der Waals surface area (Å²) in [6.07, 6.45) is 5.79. The minimum Gasteiger partial charge on any atom is -0.324 e. The molecule has 9 heteroatoms. The first-order valence-electron chi connectivity index (χ1n) is 10.2. The van der Waals surface area contributed by atoms with Crippen molar-refractivity contribution in [3.8, 4) is 5.69 Å². The average Bonchev–Trinajstić information content (AvgIpc) is 3.06. The lowest BCUT2D eigenvalue weighted by Gasteiger charge is -2.18. The van der Waals surface area contributed by atoms with E-state index in [1.165, 1.54) is 11.1 Å². The largest absolute Gasteiger partial charge is 0.324 e. The Morgan fingerprint density at radius 3 is 2.87 bits per heavy atom. The number of rotatable bonds is 4. The van der Waals surface area contributed by atoms with E-state index in [1.54, 1.807) is 34.0 Å². The molecule has 0 amide bonds. The highest BCUT2D eigenvalue weighted by Crippen LogP contribution is 2.26. The van der Waals surface area contributed by atoms with E-state index in [0.717, 1.165) is 25.2 Å². The molecule has 4 heterocycles. The van der Waals surface area contributed by atoms with Crippen LogP contribution in [0.1, 0.15) is 31.0 Å². The number of hydrogen-bond acceptors (Lipinski definition) is 6. The molecule has 0 aliphatic carbocycles. The molecule has 8 nitrogen and oxygen atoms in total. The van der Waals surface area contributed by atoms with Crippen molar-refractivity contribution < 1.29 is 0 Å². The third kappa shape index (κ3) is 3.47. The first-order chi connectivity index (χ1) is 15.0. The molecule has 4 aromatic rings. The molecule has 1 aliphatic heterocycles. The minimum absolute atomic E-state index is 0.101. The predicted octanol–water partition coefficient (Wildman–Crippen LogP) is 3.60. The molecule has 1 aliphatic rings. The van der Waals surface area contributed by atoms with E-state index >= 15 is 0 Å². The molecule has 1 aromatic carbocycles. The van der Waals surface area contributed by atoms with Crippen molar-refractivity contribution in [3.05, 3.63) is 69.4 Å². The lowest BCUT2D eigenvalue weighted by atomic mass is 10.0. The van der Waals surface area contributed by atoms with E-state index < -0.39 is 0 Å². The molecule has 0 fully saturated rings. The van der Waals surface area contributed by atoms with Gasteiger partial charge in [0.15, 0.2) is 5.65 Å². The van der Waals surface area contributed by atoms with E-state index in [4.69, 9.17) is 11.6 Å². The summed E-state index contributed by atoms with van der Waals surface area (Å²) >= 11 is 6.42. The Balaban J connectivity index is 1.63. The van der Waals surface area contributed by atoms with Crippen molar-refractivity contribution in [3.63, 3.8) is 0 Å². The Morgan fingerprint density at radius 2 is 2.06 bits per heavy atom. The zero-order valence-corrected chi connectivity index (χ0v) is 18.0. The minimum atomic E-state index is -0.163. The SMILES string of the molecule is CC(C)n1c(=O)c2cnc(Nc3ccc4c(c3)CNCC4)nc2n1-c1ccncc1Cl. The van der Waals surface area contributed by atoms with Gasteiger partial charge in [0.05, 0.1) is 10.7 Å². The van der Waals surface area contributed by atoms with Crippen LogP contribution in [-0.4, -0.2) is 30.9 Å². The van der Waals surface area contributed by atoms with Crippen LogP contribution in [-0.2, 0) is 13.0 Å². The Hall–Kier alpha value is -3.23. The van der Waals surface area contributed by atoms with Crippen molar-refractivity contribution in [2.75, 3.05) is 11.9 Å². The molecule has 0 bridgehead atoms. The van der Waals surface area contributed by atoms with Gasteiger partial charge in [0, 0.05) is 36.9 Å². The molecule has 0 spiro atoms. The molecule has 3 aromatic heterocycles. The monoisotopic (exact) mass is 435 g/mol. The fraction of sp³-hybridized carbons (Fsp3) is 0.273. The van der Waals surface area contributed by atoms with E-state index in [-0.39, 0.29) is 11.6 Å². The van der Waals surface area contributed by atoms with Gasteiger partial charge in [-0.3, -0.25) is 9.78 Å². The molecule has 31 heavy (non-hydrogen) atoms. The van der Waals surface area contributed by atoms with Crippen LogP contribution >= 0.6 is 11.6 Å². The summed E-state index contributed by atoms with van der Waals surface area (Å²) in [6.45, 7) is 5.74. The highest BCUT2D eigenvalue weighted by molar-refractivity contribution is 6.32. The van der Waals surface area contributed by atoms with Crippen LogP contribution in [0, 0.1) is 0 Å². The first kappa shape index (κ1) is 19.7. The van der Waals surface area contributed by atoms with Crippen molar-refractivity contribution in [2.24, 2.45) is 0 Å². The Labute approximate surface area is 183 Å². The van der Waals surface area contributed by atoms with Crippen LogP contribution in [0.2, 0.25) is 5.02 Å². The summed E-state index contributed by atoms with van der Waals surface area (Å²) < 4.78 is 3.38. The molecule has 5 rings (SSSR count). The topological polar surface area (TPSA) is 89.7 Å². The Morgan fingerprint density at radius 1 is 1.19 bits per heavy atom. The van der Waals surface area contributed by atoms with Crippen LogP contribution in [0.4, 0.5) is 11.6 Å². The van der Waals surface area contributed by atoms with Crippen molar-refractivity contribution in [1.82, 2.24) is 29.6 Å². The summed E-state index contributed by atoms with van der Waals surface area (Å²) in [5.41, 5.74) is 4.50. The second-order valence-corrected chi connectivity index (χ2v) is 8.26. The summed E-state index contributed by atoms with van der Waals surface area (Å²) in [5, 5.41) is 7.53. The van der Waals surface area contributed by atoms with Gasteiger partial charge >= 0.3 is 0 Å². The van der Waals surface area contributed by atoms with Crippen LogP contribution < -0.4 is 16.2 Å². The number of hydrogen-bond donors (Lipinski definition) is 2. The van der Waals surface area contributed by atoms with Crippen LogP contribution in [0.5, 0.6) is 0 Å². The highest BCUT2D eigenvalue weighted by atomic mass is 35.5. The number of anilines is 2. The summed E-state index contributed by atoms with van der Waals surface area (Å²) in [4.78, 5) is 26.2. The molecule has 158 valence electrons. The maximum absolute atomic E-state index is 13.1. The van der Waals surface area contributed by atoms with Crippen molar-refractivity contribution in [1.29, 1.82) is 0 Å². The average molecular weight is 436 g/mol. The lowest BCUT2D eigenvalue weighted by Crippen LogP contribution is -2.24. The lowest BCUT2D eigenvalue weighted by molar-refractivity contribution is 0.476. The molecular formula is C22H22ClN7O. The molecule has 2 N–H and O–H groups in total. The molecule has 0 unspecified atom stereocenters. The quantitative estimate of drug-likeness (QED) is 0.509. The summed E-state index contributed by atoms with van der Waals surface area (Å²) in [5.74, 6) is 0.413. The zero-order valence-electron chi connectivity index (χ0n) is 17.3. The van der Waals surface area contributed by atoms with Crippen LogP contribution in [0.25, 0.3) is 16.7 Å². The fourth-order valence-corrected chi connectivity index (χ4v) is 4.18. The van der Waals surface area contributed by atoms with Gasteiger partial charge in [-0.2, -0.15) is 4.98 Å². The third-order valence-electron chi connectivity index (χ3n) is 5.44. The van der Waals surface area contributed by atoms with Gasteiger partial charge in [0.1, 0.15) is 5.39 Å². The number of nitrogens with one attached hydrogen (secondary N) is 2. The molecule has 0 atom stereocenters. The molecule has 0 saturated heterocycles. The maximum Gasteiger partial charge on any atom is 0.278 e. The van der Waals surface area contributed by atoms with Gasteiger partial charge in [-0.15, -0.1) is 0 Å². The normalized spacial score (nSPS) is 13.5. The Bertz CT molecular complexity index is 1340. The van der Waals surface area contributed by atoms with Gasteiger partial charge in [-0.05, 0) is 56.1 Å². The highest BCUT2D eigenvalue weighted by Gasteiger charge is 2.21. The Kier molecular flexibility index (Phi) is 4.95. The number of aromatic nitrogens is 5. The van der Waals surface area contributed by atoms with Gasteiger partial charge in [-0.25, -0.2) is 14.3 Å². The standard InChI is InChI=1S/C22H22ClN7O/c1-13(2)29-21(31)17-11-26-22(27-16-4-3-14-5-7-24-10-15(14)9-16)28-20(17)30(29)19-6-8-25-12-18(19)23/h3-4,6,8-9,11-13,24H,5,7,10H2,1-2H3,(H,26,27,28). The second-order valence-electron chi connectivity index (χ2n) is 7.85. The second kappa shape index (κ2) is 7.79. The number of benzene rings is 1. The van der Waals surface area contributed by atoms with Crippen molar-refractivity contribution in [2.45, 2.75) is 32.9 Å². The van der Waals surface area contributed by atoms with E-state index in [0.29, 0.717) is 27.7 Å². The van der Waals surface area contributed by atoms with Gasteiger partial charge in [0.25, 0.3) is 5.56 Å². The fourth-order valence-electron chi connectivity index (χ4n) is 3.98. The molecular weight excluding hydrogens is 414 g/mol. The number of nitrogens with zero attached hydrogens (tertiary/aromatic N) is 5. The number of fused-ring (bicyclic) bond motifs is 2. The first-order valence-corrected chi connectivity index (χ1v) is 10.6. The maximum atomic E-state index is 13.1. The summed E-state index contributed by atoms with van der Waals surface area (Å²) in [6, 6.07) is 7.95. The van der Waals surface area contributed by atoms with E-state index in [2.05, 4.69) is 37.7 Å². The van der Waals surface area contributed by atoms with Crippen molar-refractivity contribution >= 4 is 34.3 Å². The molecule has 0 saturated carbocycles.